The lowest BCUT2D eigenvalue weighted by Gasteiger charge is -2.33. The Morgan fingerprint density at radius 2 is 2.18 bits per heavy atom. The van der Waals surface area contributed by atoms with Crippen LogP contribution >= 0.6 is 12.2 Å². The lowest BCUT2D eigenvalue weighted by molar-refractivity contribution is 0.193. The van der Waals surface area contributed by atoms with Gasteiger partial charge in [0.1, 0.15) is 0 Å². The lowest BCUT2D eigenvalue weighted by Crippen LogP contribution is -2.46. The zero-order valence-corrected chi connectivity index (χ0v) is 11.2. The largest absolute Gasteiger partial charge is 0.376 e. The Hall–Kier alpha value is -0.930. The Kier molecular flexibility index (Phi) is 4.51. The van der Waals surface area contributed by atoms with Crippen LogP contribution in [0.1, 0.15) is 25.3 Å². The topological polar surface area (TPSA) is 15.3 Å². The summed E-state index contributed by atoms with van der Waals surface area (Å²) in [7, 11) is 0. The van der Waals surface area contributed by atoms with Gasteiger partial charge in [0, 0.05) is 19.1 Å². The van der Waals surface area contributed by atoms with Crippen LogP contribution in [0.15, 0.2) is 30.3 Å². The third kappa shape index (κ3) is 4.10. The number of hydrogen-bond donors (Lipinski definition) is 1. The molecule has 0 saturated carbocycles. The fourth-order valence-electron chi connectivity index (χ4n) is 2.45. The van der Waals surface area contributed by atoms with Crippen LogP contribution in [0.3, 0.4) is 0 Å². The molecule has 0 radical (unpaired) electrons. The van der Waals surface area contributed by atoms with Gasteiger partial charge < -0.3 is 5.32 Å². The first kappa shape index (κ1) is 12.5. The van der Waals surface area contributed by atoms with Crippen molar-refractivity contribution in [3.8, 4) is 0 Å². The van der Waals surface area contributed by atoms with Crippen molar-refractivity contribution < 1.29 is 0 Å². The maximum Gasteiger partial charge on any atom is 0.0724 e. The molecule has 17 heavy (non-hydrogen) atoms. The molecule has 0 spiro atoms. The Bertz CT molecular complexity index is 364. The fraction of sp³-hybridized carbons (Fsp3) is 0.500. The zero-order chi connectivity index (χ0) is 12.1. The van der Waals surface area contributed by atoms with Crippen LogP contribution in [0.2, 0.25) is 0 Å². The molecule has 1 atom stereocenters. The van der Waals surface area contributed by atoms with Gasteiger partial charge in [0.05, 0.1) is 4.99 Å². The van der Waals surface area contributed by atoms with E-state index in [-0.39, 0.29) is 0 Å². The van der Waals surface area contributed by atoms with E-state index in [1.165, 1.54) is 24.9 Å². The predicted octanol–water partition coefficient (Wildman–Crippen LogP) is 2.59. The van der Waals surface area contributed by atoms with Gasteiger partial charge >= 0.3 is 0 Å². The van der Waals surface area contributed by atoms with Crippen LogP contribution < -0.4 is 5.32 Å². The van der Waals surface area contributed by atoms with Crippen LogP contribution in [0.25, 0.3) is 0 Å². The Labute approximate surface area is 109 Å². The molecule has 92 valence electrons. The van der Waals surface area contributed by atoms with Crippen molar-refractivity contribution in [2.75, 3.05) is 13.1 Å². The molecule has 1 aliphatic rings. The van der Waals surface area contributed by atoms with Crippen LogP contribution in [0.5, 0.6) is 0 Å². The van der Waals surface area contributed by atoms with Crippen molar-refractivity contribution in [2.24, 2.45) is 0 Å². The molecule has 1 heterocycles. The van der Waals surface area contributed by atoms with Gasteiger partial charge in [0.25, 0.3) is 0 Å². The highest BCUT2D eigenvalue weighted by atomic mass is 32.1. The summed E-state index contributed by atoms with van der Waals surface area (Å²) in [4.78, 5) is 3.42. The monoisotopic (exact) mass is 248 g/mol. The van der Waals surface area contributed by atoms with Crippen LogP contribution in [-0.2, 0) is 6.54 Å². The standard InChI is InChI=1S/C14H20N2S/c1-12(17)15-14-8-5-9-16(11-14)10-13-6-3-2-4-7-13/h2-4,6-7,14H,5,8-11H2,1H3,(H,15,17). The van der Waals surface area contributed by atoms with Gasteiger partial charge in [0.15, 0.2) is 0 Å². The molecule has 1 fully saturated rings. The molecule has 1 aromatic rings. The number of benzene rings is 1. The van der Waals surface area contributed by atoms with Crippen molar-refractivity contribution in [3.63, 3.8) is 0 Å². The molecule has 1 aromatic carbocycles. The Morgan fingerprint density at radius 1 is 1.41 bits per heavy atom. The number of rotatable bonds is 3. The summed E-state index contributed by atoms with van der Waals surface area (Å²) in [5, 5.41) is 3.39. The van der Waals surface area contributed by atoms with E-state index < -0.39 is 0 Å². The summed E-state index contributed by atoms with van der Waals surface area (Å²) in [6.07, 6.45) is 2.49. The summed E-state index contributed by atoms with van der Waals surface area (Å²) in [5.74, 6) is 0. The van der Waals surface area contributed by atoms with Crippen LogP contribution in [-0.4, -0.2) is 29.0 Å². The molecule has 1 saturated heterocycles. The molecule has 1 N–H and O–H groups in total. The molecule has 0 amide bonds. The average Bonchev–Trinajstić information content (AvgIpc) is 2.30. The summed E-state index contributed by atoms with van der Waals surface area (Å²) in [6, 6.07) is 11.2. The quantitative estimate of drug-likeness (QED) is 0.828. The van der Waals surface area contributed by atoms with Crippen LogP contribution in [0, 0.1) is 0 Å². The fourth-order valence-corrected chi connectivity index (χ4v) is 2.61. The van der Waals surface area contributed by atoms with Crippen molar-refractivity contribution in [1.29, 1.82) is 0 Å². The van der Waals surface area contributed by atoms with Gasteiger partial charge in [-0.05, 0) is 31.9 Å². The van der Waals surface area contributed by atoms with E-state index >= 15 is 0 Å². The SMILES string of the molecule is CC(=S)NC1CCCN(Cc2ccccc2)C1. The number of piperidine rings is 1. The molecule has 1 aliphatic heterocycles. The van der Waals surface area contributed by atoms with Crippen molar-refractivity contribution >= 4 is 17.2 Å². The van der Waals surface area contributed by atoms with E-state index in [0.717, 1.165) is 18.1 Å². The van der Waals surface area contributed by atoms with E-state index in [9.17, 15) is 0 Å². The summed E-state index contributed by atoms with van der Waals surface area (Å²) >= 11 is 5.12. The first-order valence-corrected chi connectivity index (χ1v) is 6.68. The van der Waals surface area contributed by atoms with Gasteiger partial charge in [-0.15, -0.1) is 0 Å². The van der Waals surface area contributed by atoms with E-state index in [0.29, 0.717) is 6.04 Å². The van der Waals surface area contributed by atoms with E-state index in [1.807, 2.05) is 6.92 Å². The van der Waals surface area contributed by atoms with Crippen molar-refractivity contribution in [3.05, 3.63) is 35.9 Å². The van der Waals surface area contributed by atoms with E-state index in [2.05, 4.69) is 40.5 Å². The zero-order valence-electron chi connectivity index (χ0n) is 10.4. The first-order chi connectivity index (χ1) is 8.24. The molecule has 0 bridgehead atoms. The lowest BCUT2D eigenvalue weighted by atomic mass is 10.0. The van der Waals surface area contributed by atoms with Crippen molar-refractivity contribution in [2.45, 2.75) is 32.4 Å². The van der Waals surface area contributed by atoms with Crippen LogP contribution in [0.4, 0.5) is 0 Å². The van der Waals surface area contributed by atoms with Gasteiger partial charge in [-0.2, -0.15) is 0 Å². The summed E-state index contributed by atoms with van der Waals surface area (Å²) < 4.78 is 0. The van der Waals surface area contributed by atoms with E-state index in [4.69, 9.17) is 12.2 Å². The minimum absolute atomic E-state index is 0.532. The molecule has 1 unspecified atom stereocenters. The molecule has 0 aromatic heterocycles. The van der Waals surface area contributed by atoms with E-state index in [1.54, 1.807) is 0 Å². The highest BCUT2D eigenvalue weighted by Gasteiger charge is 2.19. The Balaban J connectivity index is 1.87. The Morgan fingerprint density at radius 3 is 2.88 bits per heavy atom. The number of hydrogen-bond acceptors (Lipinski definition) is 2. The highest BCUT2D eigenvalue weighted by molar-refractivity contribution is 7.80. The average molecular weight is 248 g/mol. The maximum absolute atomic E-state index is 5.12. The smallest absolute Gasteiger partial charge is 0.0724 e. The summed E-state index contributed by atoms with van der Waals surface area (Å²) in [6.45, 7) is 5.31. The second-order valence-electron chi connectivity index (χ2n) is 4.76. The number of thiocarbonyl (C=S) groups is 1. The number of nitrogens with one attached hydrogen (secondary N) is 1. The maximum atomic E-state index is 5.12. The molecule has 0 aliphatic carbocycles. The van der Waals surface area contributed by atoms with Crippen molar-refractivity contribution in [1.82, 2.24) is 10.2 Å². The van der Waals surface area contributed by atoms with Gasteiger partial charge in [-0.25, -0.2) is 0 Å². The third-order valence-electron chi connectivity index (χ3n) is 3.16. The highest BCUT2D eigenvalue weighted by Crippen LogP contribution is 2.13. The van der Waals surface area contributed by atoms with Gasteiger partial charge in [-0.1, -0.05) is 42.5 Å². The first-order valence-electron chi connectivity index (χ1n) is 6.27. The summed E-state index contributed by atoms with van der Waals surface area (Å²) in [5.41, 5.74) is 1.40. The predicted molar refractivity (Wildman–Crippen MR) is 76.1 cm³/mol. The molecular formula is C14H20N2S. The second kappa shape index (κ2) is 6.12. The minimum atomic E-state index is 0.532. The molecular weight excluding hydrogens is 228 g/mol. The van der Waals surface area contributed by atoms with Gasteiger partial charge in [-0.3, -0.25) is 4.90 Å². The molecule has 3 heteroatoms. The van der Waals surface area contributed by atoms with Gasteiger partial charge in [0.2, 0.25) is 0 Å². The third-order valence-corrected chi connectivity index (χ3v) is 3.28. The minimum Gasteiger partial charge on any atom is -0.376 e. The number of nitrogens with zero attached hydrogens (tertiary/aromatic N) is 1. The number of likely N-dealkylation sites (tertiary alicyclic amines) is 1. The normalized spacial score (nSPS) is 21.1. The second-order valence-corrected chi connectivity index (χ2v) is 5.37. The molecule has 2 rings (SSSR count). The molecule has 2 nitrogen and oxygen atoms in total.